The molecule has 1 amide bonds. The third kappa shape index (κ3) is 2.63. The molecule has 0 bridgehead atoms. The molecule has 1 aliphatic carbocycles. The molecule has 1 aromatic rings. The number of carbonyl (C=O) groups excluding carboxylic acids is 1. The van der Waals surface area contributed by atoms with Crippen LogP contribution in [0.5, 0.6) is 0 Å². The van der Waals surface area contributed by atoms with Crippen LogP contribution in [0.1, 0.15) is 44.6 Å². The summed E-state index contributed by atoms with van der Waals surface area (Å²) in [4.78, 5) is 16.5. The summed E-state index contributed by atoms with van der Waals surface area (Å²) in [7, 11) is 0. The molecular weight excluding hydrogens is 226 g/mol. The van der Waals surface area contributed by atoms with E-state index in [4.69, 9.17) is 5.73 Å². The lowest BCUT2D eigenvalue weighted by atomic mass is 9.75. The van der Waals surface area contributed by atoms with Gasteiger partial charge in [-0.05, 0) is 31.4 Å². The van der Waals surface area contributed by atoms with Crippen molar-refractivity contribution in [3.8, 4) is 0 Å². The van der Waals surface area contributed by atoms with Crippen LogP contribution in [-0.4, -0.2) is 10.9 Å². The molecule has 0 saturated heterocycles. The van der Waals surface area contributed by atoms with Gasteiger partial charge in [0, 0.05) is 5.41 Å². The third-order valence-electron chi connectivity index (χ3n) is 3.84. The molecule has 18 heavy (non-hydrogen) atoms. The van der Waals surface area contributed by atoms with E-state index < -0.39 is 0 Å². The van der Waals surface area contributed by atoms with Crippen molar-refractivity contribution in [1.29, 1.82) is 0 Å². The molecule has 0 unspecified atom stereocenters. The second kappa shape index (κ2) is 4.96. The molecule has 0 aromatic carbocycles. The summed E-state index contributed by atoms with van der Waals surface area (Å²) in [5.74, 6) is 0.712. The standard InChI is InChI=1S/C14H21N3O/c1-10-8-11(15)9-16-12(10)17-13(18)14(2)6-4-3-5-7-14/h8-9H,3-7,15H2,1-2H3,(H,16,17,18). The molecule has 0 aliphatic heterocycles. The zero-order chi connectivity index (χ0) is 13.2. The minimum Gasteiger partial charge on any atom is -0.397 e. The van der Waals surface area contributed by atoms with Gasteiger partial charge < -0.3 is 11.1 Å². The quantitative estimate of drug-likeness (QED) is 0.844. The van der Waals surface area contributed by atoms with Gasteiger partial charge in [-0.2, -0.15) is 0 Å². The second-order valence-electron chi connectivity index (χ2n) is 5.51. The molecule has 4 nitrogen and oxygen atoms in total. The number of nitrogens with two attached hydrogens (primary N) is 1. The van der Waals surface area contributed by atoms with E-state index in [0.29, 0.717) is 11.5 Å². The number of nitrogens with one attached hydrogen (secondary N) is 1. The lowest BCUT2D eigenvalue weighted by Crippen LogP contribution is -2.35. The third-order valence-corrected chi connectivity index (χ3v) is 3.84. The molecule has 1 aliphatic rings. The van der Waals surface area contributed by atoms with Gasteiger partial charge in [0.2, 0.25) is 5.91 Å². The van der Waals surface area contributed by atoms with Crippen molar-refractivity contribution in [3.05, 3.63) is 17.8 Å². The Kier molecular flexibility index (Phi) is 3.55. The summed E-state index contributed by atoms with van der Waals surface area (Å²) in [5, 5.41) is 2.94. The van der Waals surface area contributed by atoms with Crippen LogP contribution >= 0.6 is 0 Å². The van der Waals surface area contributed by atoms with E-state index in [9.17, 15) is 4.79 Å². The highest BCUT2D eigenvalue weighted by molar-refractivity contribution is 5.95. The first-order valence-electron chi connectivity index (χ1n) is 6.55. The highest BCUT2D eigenvalue weighted by Gasteiger charge is 2.34. The van der Waals surface area contributed by atoms with Gasteiger partial charge in [-0.3, -0.25) is 4.79 Å². The van der Waals surface area contributed by atoms with E-state index in [0.717, 1.165) is 31.2 Å². The molecule has 3 N–H and O–H groups in total. The Hall–Kier alpha value is -1.58. The fourth-order valence-electron chi connectivity index (χ4n) is 2.54. The molecule has 4 heteroatoms. The Morgan fingerprint density at radius 1 is 1.39 bits per heavy atom. The molecule has 1 fully saturated rings. The summed E-state index contributed by atoms with van der Waals surface area (Å²) in [6.45, 7) is 3.95. The Morgan fingerprint density at radius 2 is 2.06 bits per heavy atom. The molecule has 0 spiro atoms. The summed E-state index contributed by atoms with van der Waals surface area (Å²) >= 11 is 0. The Bertz CT molecular complexity index is 450. The largest absolute Gasteiger partial charge is 0.397 e. The van der Waals surface area contributed by atoms with Crippen molar-refractivity contribution < 1.29 is 4.79 Å². The topological polar surface area (TPSA) is 68.0 Å². The van der Waals surface area contributed by atoms with Gasteiger partial charge in [-0.15, -0.1) is 0 Å². The number of aryl methyl sites for hydroxylation is 1. The van der Waals surface area contributed by atoms with Crippen LogP contribution in [0, 0.1) is 12.3 Å². The van der Waals surface area contributed by atoms with Crippen LogP contribution in [-0.2, 0) is 4.79 Å². The zero-order valence-corrected chi connectivity index (χ0v) is 11.1. The van der Waals surface area contributed by atoms with Crippen LogP contribution < -0.4 is 11.1 Å². The van der Waals surface area contributed by atoms with Gasteiger partial charge >= 0.3 is 0 Å². The minimum absolute atomic E-state index is 0.0857. The molecule has 1 heterocycles. The first-order valence-corrected chi connectivity index (χ1v) is 6.55. The monoisotopic (exact) mass is 247 g/mol. The molecule has 0 atom stereocenters. The molecule has 0 radical (unpaired) electrons. The van der Waals surface area contributed by atoms with Gasteiger partial charge in [-0.25, -0.2) is 4.98 Å². The Balaban J connectivity index is 2.11. The van der Waals surface area contributed by atoms with Crippen LogP contribution in [0.25, 0.3) is 0 Å². The number of pyridine rings is 1. The number of anilines is 2. The van der Waals surface area contributed by atoms with E-state index in [1.165, 1.54) is 6.42 Å². The van der Waals surface area contributed by atoms with E-state index in [1.54, 1.807) is 6.20 Å². The number of nitrogen functional groups attached to an aromatic ring is 1. The Morgan fingerprint density at radius 3 is 2.67 bits per heavy atom. The average Bonchev–Trinajstić information content (AvgIpc) is 2.33. The van der Waals surface area contributed by atoms with Crippen molar-refractivity contribution in [2.24, 2.45) is 5.41 Å². The maximum absolute atomic E-state index is 12.3. The van der Waals surface area contributed by atoms with Crippen molar-refractivity contribution in [1.82, 2.24) is 4.98 Å². The summed E-state index contributed by atoms with van der Waals surface area (Å²) in [6, 6.07) is 1.83. The molecule has 1 saturated carbocycles. The first-order chi connectivity index (χ1) is 8.51. The number of amides is 1. The summed E-state index contributed by atoms with van der Waals surface area (Å²) < 4.78 is 0. The number of nitrogens with zero attached hydrogens (tertiary/aromatic N) is 1. The fraction of sp³-hybridized carbons (Fsp3) is 0.571. The maximum atomic E-state index is 12.3. The van der Waals surface area contributed by atoms with Crippen molar-refractivity contribution in [2.75, 3.05) is 11.1 Å². The van der Waals surface area contributed by atoms with Crippen LogP contribution in [0.2, 0.25) is 0 Å². The minimum atomic E-state index is -0.242. The number of rotatable bonds is 2. The van der Waals surface area contributed by atoms with Gasteiger partial charge in [0.05, 0.1) is 11.9 Å². The number of hydrogen-bond donors (Lipinski definition) is 2. The van der Waals surface area contributed by atoms with Crippen molar-refractivity contribution >= 4 is 17.4 Å². The van der Waals surface area contributed by atoms with E-state index in [1.807, 2.05) is 19.9 Å². The second-order valence-corrected chi connectivity index (χ2v) is 5.51. The highest BCUT2D eigenvalue weighted by atomic mass is 16.2. The summed E-state index contributed by atoms with van der Waals surface area (Å²) in [6.07, 6.45) is 7.02. The smallest absolute Gasteiger partial charge is 0.231 e. The van der Waals surface area contributed by atoms with E-state index >= 15 is 0 Å². The van der Waals surface area contributed by atoms with Crippen LogP contribution in [0.4, 0.5) is 11.5 Å². The maximum Gasteiger partial charge on any atom is 0.231 e. The normalized spacial score (nSPS) is 18.3. The van der Waals surface area contributed by atoms with E-state index in [-0.39, 0.29) is 11.3 Å². The van der Waals surface area contributed by atoms with Gasteiger partial charge in [-0.1, -0.05) is 26.2 Å². The Labute approximate surface area is 108 Å². The van der Waals surface area contributed by atoms with Gasteiger partial charge in [0.1, 0.15) is 5.82 Å². The molecular formula is C14H21N3O. The predicted octanol–water partition coefficient (Wildman–Crippen LogP) is 2.88. The lowest BCUT2D eigenvalue weighted by Gasteiger charge is -2.32. The predicted molar refractivity (Wildman–Crippen MR) is 73.2 cm³/mol. The molecule has 2 rings (SSSR count). The molecule has 1 aromatic heterocycles. The van der Waals surface area contributed by atoms with Crippen LogP contribution in [0.3, 0.4) is 0 Å². The fourth-order valence-corrected chi connectivity index (χ4v) is 2.54. The van der Waals surface area contributed by atoms with Gasteiger partial charge in [0.25, 0.3) is 0 Å². The van der Waals surface area contributed by atoms with Crippen LogP contribution in [0.15, 0.2) is 12.3 Å². The highest BCUT2D eigenvalue weighted by Crippen LogP contribution is 2.36. The van der Waals surface area contributed by atoms with Gasteiger partial charge in [0.15, 0.2) is 0 Å². The number of aromatic nitrogens is 1. The van der Waals surface area contributed by atoms with E-state index in [2.05, 4.69) is 10.3 Å². The number of hydrogen-bond acceptors (Lipinski definition) is 3. The first kappa shape index (κ1) is 12.9. The summed E-state index contributed by atoms with van der Waals surface area (Å²) in [5.41, 5.74) is 6.93. The zero-order valence-electron chi connectivity index (χ0n) is 11.1. The van der Waals surface area contributed by atoms with Crippen molar-refractivity contribution in [2.45, 2.75) is 46.0 Å². The lowest BCUT2D eigenvalue weighted by molar-refractivity contribution is -0.126. The SMILES string of the molecule is Cc1cc(N)cnc1NC(=O)C1(C)CCCCC1. The van der Waals surface area contributed by atoms with Crippen molar-refractivity contribution in [3.63, 3.8) is 0 Å². The molecule has 98 valence electrons. The number of carbonyl (C=O) groups is 1. The average molecular weight is 247 g/mol.